The maximum atomic E-state index is 12.9. The molecule has 1 N–H and O–H groups in total. The van der Waals surface area contributed by atoms with Crippen molar-refractivity contribution in [1.29, 1.82) is 0 Å². The van der Waals surface area contributed by atoms with Gasteiger partial charge in [-0.15, -0.1) is 0 Å². The molecule has 144 valence electrons. The minimum absolute atomic E-state index is 0.0418. The van der Waals surface area contributed by atoms with Crippen LogP contribution in [-0.2, 0) is 31.5 Å². The lowest BCUT2D eigenvalue weighted by molar-refractivity contribution is 0.240. The molecule has 0 saturated carbocycles. The van der Waals surface area contributed by atoms with Gasteiger partial charge in [0, 0.05) is 60.7 Å². The summed E-state index contributed by atoms with van der Waals surface area (Å²) in [6, 6.07) is 2.00. The third-order valence-electron chi connectivity index (χ3n) is 5.42. The van der Waals surface area contributed by atoms with Crippen LogP contribution in [0.15, 0.2) is 17.1 Å². The zero-order chi connectivity index (χ0) is 19.3. The van der Waals surface area contributed by atoms with Crippen LogP contribution in [0.3, 0.4) is 0 Å². The summed E-state index contributed by atoms with van der Waals surface area (Å²) in [6.07, 6.45) is 2.85. The van der Waals surface area contributed by atoms with Gasteiger partial charge >= 0.3 is 0 Å². The monoisotopic (exact) mass is 368 g/mol. The van der Waals surface area contributed by atoms with Crippen molar-refractivity contribution in [3.05, 3.63) is 50.8 Å². The molecule has 7 heteroatoms. The summed E-state index contributed by atoms with van der Waals surface area (Å²) in [5.74, 6) is 0. The first-order chi connectivity index (χ1) is 12.8. The Labute approximate surface area is 159 Å². The number of aromatic nitrogens is 5. The third-order valence-corrected chi connectivity index (χ3v) is 5.42. The molecular weight excluding hydrogens is 340 g/mol. The second kappa shape index (κ2) is 6.34. The van der Waals surface area contributed by atoms with Crippen LogP contribution in [-0.4, -0.2) is 35.8 Å². The molecule has 1 aliphatic rings. The average Bonchev–Trinajstić information content (AvgIpc) is 3.19. The van der Waals surface area contributed by atoms with E-state index in [9.17, 15) is 4.79 Å². The SMILES string of the molecule is CCn1cc(CN2CCc3c(nc4cc(C(C)(C)C)[nH]n4c3=O)C2)c(C)n1. The number of nitrogens with zero attached hydrogens (tertiary/aromatic N) is 5. The van der Waals surface area contributed by atoms with Crippen LogP contribution in [0.4, 0.5) is 0 Å². The van der Waals surface area contributed by atoms with Crippen molar-refractivity contribution in [3.8, 4) is 0 Å². The molecule has 1 aliphatic heterocycles. The molecule has 0 atom stereocenters. The van der Waals surface area contributed by atoms with Gasteiger partial charge in [-0.2, -0.15) is 5.10 Å². The smallest absolute Gasteiger partial charge is 0.276 e. The van der Waals surface area contributed by atoms with Crippen molar-refractivity contribution in [3.63, 3.8) is 0 Å². The van der Waals surface area contributed by atoms with Gasteiger partial charge in [-0.05, 0) is 20.3 Å². The van der Waals surface area contributed by atoms with E-state index in [1.54, 1.807) is 4.52 Å². The van der Waals surface area contributed by atoms with Crippen molar-refractivity contribution in [2.24, 2.45) is 0 Å². The van der Waals surface area contributed by atoms with E-state index in [0.29, 0.717) is 12.2 Å². The molecule has 0 aromatic carbocycles. The fourth-order valence-corrected chi connectivity index (χ4v) is 3.68. The van der Waals surface area contributed by atoms with E-state index >= 15 is 0 Å². The number of H-pyrrole nitrogens is 1. The highest BCUT2D eigenvalue weighted by molar-refractivity contribution is 5.43. The molecule has 0 fully saturated rings. The molecule has 4 rings (SSSR count). The van der Waals surface area contributed by atoms with E-state index in [1.165, 1.54) is 5.56 Å². The first-order valence-corrected chi connectivity index (χ1v) is 9.65. The largest absolute Gasteiger partial charge is 0.293 e. The molecule has 0 spiro atoms. The number of hydrogen-bond acceptors (Lipinski definition) is 4. The van der Waals surface area contributed by atoms with Gasteiger partial charge in [0.15, 0.2) is 5.65 Å². The van der Waals surface area contributed by atoms with Gasteiger partial charge in [0.1, 0.15) is 0 Å². The average molecular weight is 368 g/mol. The van der Waals surface area contributed by atoms with Crippen molar-refractivity contribution < 1.29 is 0 Å². The Hall–Kier alpha value is -2.41. The molecule has 0 unspecified atom stereocenters. The van der Waals surface area contributed by atoms with Crippen molar-refractivity contribution in [2.45, 2.75) is 66.1 Å². The Morgan fingerprint density at radius 3 is 2.74 bits per heavy atom. The Morgan fingerprint density at radius 2 is 2.07 bits per heavy atom. The van der Waals surface area contributed by atoms with Gasteiger partial charge in [0.05, 0.1) is 11.4 Å². The van der Waals surface area contributed by atoms with Crippen LogP contribution >= 0.6 is 0 Å². The van der Waals surface area contributed by atoms with E-state index in [-0.39, 0.29) is 11.0 Å². The quantitative estimate of drug-likeness (QED) is 0.771. The summed E-state index contributed by atoms with van der Waals surface area (Å²) in [4.78, 5) is 20.1. The molecule has 27 heavy (non-hydrogen) atoms. The number of aromatic amines is 1. The number of aryl methyl sites for hydroxylation is 2. The van der Waals surface area contributed by atoms with Crippen molar-refractivity contribution >= 4 is 5.65 Å². The zero-order valence-corrected chi connectivity index (χ0v) is 16.8. The Bertz CT molecular complexity index is 1050. The standard InChI is InChI=1S/C20H28N6O/c1-6-25-11-14(13(2)22-25)10-24-8-7-15-16(12-24)21-18-9-17(20(3,4)5)23-26(18)19(15)27/h9,11,23H,6-8,10,12H2,1-5H3. The lowest BCUT2D eigenvalue weighted by Gasteiger charge is -2.27. The third kappa shape index (κ3) is 3.20. The van der Waals surface area contributed by atoms with E-state index < -0.39 is 0 Å². The van der Waals surface area contributed by atoms with E-state index in [1.807, 2.05) is 10.7 Å². The van der Waals surface area contributed by atoms with E-state index in [4.69, 9.17) is 4.98 Å². The molecule has 7 nitrogen and oxygen atoms in total. The molecular formula is C20H28N6O. The maximum Gasteiger partial charge on any atom is 0.276 e. The molecule has 0 bridgehead atoms. The molecule has 0 radical (unpaired) electrons. The Kier molecular flexibility index (Phi) is 4.22. The second-order valence-corrected chi connectivity index (χ2v) is 8.51. The number of hydrogen-bond donors (Lipinski definition) is 1. The van der Waals surface area contributed by atoms with Crippen LogP contribution in [0.2, 0.25) is 0 Å². The predicted octanol–water partition coefficient (Wildman–Crippen LogP) is 2.40. The molecule has 4 heterocycles. The maximum absolute atomic E-state index is 12.9. The minimum atomic E-state index is -0.0519. The van der Waals surface area contributed by atoms with Crippen LogP contribution in [0.5, 0.6) is 0 Å². The Balaban J connectivity index is 1.65. The lowest BCUT2D eigenvalue weighted by Crippen LogP contribution is -2.36. The fraction of sp³-hybridized carbons (Fsp3) is 0.550. The highest BCUT2D eigenvalue weighted by Crippen LogP contribution is 2.23. The van der Waals surface area contributed by atoms with Gasteiger partial charge in [-0.1, -0.05) is 20.8 Å². The Morgan fingerprint density at radius 1 is 1.30 bits per heavy atom. The highest BCUT2D eigenvalue weighted by Gasteiger charge is 2.24. The van der Waals surface area contributed by atoms with Crippen molar-refractivity contribution in [1.82, 2.24) is 29.3 Å². The molecule has 3 aromatic heterocycles. The topological polar surface area (TPSA) is 71.2 Å². The summed E-state index contributed by atoms with van der Waals surface area (Å²) in [7, 11) is 0. The van der Waals surface area contributed by atoms with Crippen molar-refractivity contribution in [2.75, 3.05) is 6.54 Å². The minimum Gasteiger partial charge on any atom is -0.293 e. The van der Waals surface area contributed by atoms with Gasteiger partial charge in [-0.3, -0.25) is 19.5 Å². The van der Waals surface area contributed by atoms with Crippen LogP contribution < -0.4 is 5.56 Å². The number of rotatable bonds is 3. The molecule has 0 aliphatic carbocycles. The van der Waals surface area contributed by atoms with Gasteiger partial charge < -0.3 is 0 Å². The molecule has 3 aromatic rings. The zero-order valence-electron chi connectivity index (χ0n) is 16.8. The van der Waals surface area contributed by atoms with Gasteiger partial charge in [-0.25, -0.2) is 9.50 Å². The first kappa shape index (κ1) is 18.0. The molecule has 0 amide bonds. The summed E-state index contributed by atoms with van der Waals surface area (Å²) >= 11 is 0. The lowest BCUT2D eigenvalue weighted by atomic mass is 9.93. The van der Waals surface area contributed by atoms with Gasteiger partial charge in [0.2, 0.25) is 0 Å². The first-order valence-electron chi connectivity index (χ1n) is 9.65. The van der Waals surface area contributed by atoms with Crippen LogP contribution in [0, 0.1) is 6.92 Å². The molecule has 0 saturated heterocycles. The summed E-state index contributed by atoms with van der Waals surface area (Å²) < 4.78 is 3.58. The number of nitrogens with one attached hydrogen (secondary N) is 1. The van der Waals surface area contributed by atoms with Gasteiger partial charge in [0.25, 0.3) is 5.56 Å². The van der Waals surface area contributed by atoms with Crippen LogP contribution in [0.25, 0.3) is 5.65 Å². The van der Waals surface area contributed by atoms with E-state index in [0.717, 1.165) is 48.7 Å². The fourth-order valence-electron chi connectivity index (χ4n) is 3.68. The van der Waals surface area contributed by atoms with E-state index in [2.05, 4.69) is 55.9 Å². The van der Waals surface area contributed by atoms with Crippen LogP contribution in [0.1, 0.15) is 55.9 Å². The number of fused-ring (bicyclic) bond motifs is 2. The predicted molar refractivity (Wildman–Crippen MR) is 105 cm³/mol. The normalized spacial score (nSPS) is 15.4. The summed E-state index contributed by atoms with van der Waals surface area (Å²) in [6.45, 7) is 13.8. The second-order valence-electron chi connectivity index (χ2n) is 8.51. The summed E-state index contributed by atoms with van der Waals surface area (Å²) in [5.41, 5.74) is 5.79. The summed E-state index contributed by atoms with van der Waals surface area (Å²) in [5, 5.41) is 7.78. The highest BCUT2D eigenvalue weighted by atomic mass is 16.1.